The average molecular weight is 661 g/mol. The summed E-state index contributed by atoms with van der Waals surface area (Å²) in [5.41, 5.74) is 5.89. The van der Waals surface area contributed by atoms with Gasteiger partial charge in [0.1, 0.15) is 5.58 Å². The van der Waals surface area contributed by atoms with E-state index in [1.54, 1.807) is 21.8 Å². The Morgan fingerprint density at radius 3 is 1.84 bits per heavy atom. The first-order valence-electron chi connectivity index (χ1n) is 11.6. The van der Waals surface area contributed by atoms with E-state index in [1.807, 2.05) is 79.1 Å². The Morgan fingerprint density at radius 2 is 1.22 bits per heavy atom. The van der Waals surface area contributed by atoms with Gasteiger partial charge in [0.15, 0.2) is 5.58 Å². The van der Waals surface area contributed by atoms with Gasteiger partial charge in [-0.1, -0.05) is 41.7 Å². The van der Waals surface area contributed by atoms with Gasteiger partial charge < -0.3 is 9.32 Å². The maximum absolute atomic E-state index is 6.41. The Bertz CT molecular complexity index is 1730. The van der Waals surface area contributed by atoms with Gasteiger partial charge in [0.25, 0.3) is 0 Å². The maximum Gasteiger partial charge on any atom is 2.00 e. The van der Waals surface area contributed by atoms with Crippen LogP contribution in [0.5, 0.6) is 0 Å². The second kappa shape index (κ2) is 9.56. The summed E-state index contributed by atoms with van der Waals surface area (Å²) in [4.78, 5) is 2.12. The molecule has 0 saturated carbocycles. The van der Waals surface area contributed by atoms with Crippen molar-refractivity contribution in [3.8, 4) is 11.4 Å². The summed E-state index contributed by atoms with van der Waals surface area (Å²) in [7, 11) is 0. The molecule has 0 fully saturated rings. The standard InChI is InChI=1S/C30H19N5O.Pt/c1-2-15-29-26(12-1)27-13-5-14-28(30(27)36-29)35(24-10-3-8-22(20-24)33-18-6-16-31-33)25-11-4-9-23(21-25)34-19-7-17-32-34;/h1-19H;/q-2;+2. The van der Waals surface area contributed by atoms with Crippen LogP contribution in [-0.2, 0) is 21.1 Å². The van der Waals surface area contributed by atoms with Crippen molar-refractivity contribution in [1.29, 1.82) is 0 Å². The van der Waals surface area contributed by atoms with Crippen molar-refractivity contribution < 1.29 is 25.5 Å². The Labute approximate surface area is 227 Å². The first kappa shape index (κ1) is 23.0. The first-order chi connectivity index (χ1) is 17.8. The number of para-hydroxylation sites is 2. The number of hydrogen-bond donors (Lipinski definition) is 0. The second-order valence-corrected chi connectivity index (χ2v) is 8.33. The van der Waals surface area contributed by atoms with Crippen molar-refractivity contribution in [3.05, 3.63) is 128 Å². The van der Waals surface area contributed by atoms with Gasteiger partial charge in [-0.2, -0.15) is 22.3 Å². The molecule has 4 aromatic carbocycles. The van der Waals surface area contributed by atoms with E-state index in [0.29, 0.717) is 0 Å². The summed E-state index contributed by atoms with van der Waals surface area (Å²) < 4.78 is 10.0. The third-order valence-corrected chi connectivity index (χ3v) is 6.14. The van der Waals surface area contributed by atoms with Crippen molar-refractivity contribution >= 4 is 39.0 Å². The van der Waals surface area contributed by atoms with Crippen LogP contribution in [0.15, 0.2) is 120 Å². The van der Waals surface area contributed by atoms with Gasteiger partial charge in [-0.05, 0) is 35.6 Å². The molecule has 0 bridgehead atoms. The molecule has 0 aliphatic carbocycles. The van der Waals surface area contributed by atoms with E-state index in [-0.39, 0.29) is 21.1 Å². The number of fused-ring (bicyclic) bond motifs is 3. The van der Waals surface area contributed by atoms with Gasteiger partial charge in [0, 0.05) is 35.6 Å². The third kappa shape index (κ3) is 4.05. The molecule has 180 valence electrons. The van der Waals surface area contributed by atoms with Gasteiger partial charge in [-0.15, -0.1) is 36.4 Å². The molecule has 0 N–H and O–H groups in total. The van der Waals surface area contributed by atoms with E-state index in [4.69, 9.17) is 4.42 Å². The van der Waals surface area contributed by atoms with Crippen LogP contribution in [0.1, 0.15) is 0 Å². The summed E-state index contributed by atoms with van der Waals surface area (Å²) in [6.07, 6.45) is 7.33. The van der Waals surface area contributed by atoms with Crippen LogP contribution in [0.4, 0.5) is 17.1 Å². The largest absolute Gasteiger partial charge is 2.00 e. The number of anilines is 3. The molecule has 0 radical (unpaired) electrons. The van der Waals surface area contributed by atoms with Crippen LogP contribution in [0.2, 0.25) is 0 Å². The molecule has 37 heavy (non-hydrogen) atoms. The molecule has 0 aliphatic rings. The van der Waals surface area contributed by atoms with Crippen LogP contribution in [-0.4, -0.2) is 19.6 Å². The molecule has 0 unspecified atom stereocenters. The third-order valence-electron chi connectivity index (χ3n) is 6.14. The molecular formula is C30H19N5OPt. The molecular weight excluding hydrogens is 641 g/mol. The molecule has 7 rings (SSSR count). The molecule has 0 atom stereocenters. The molecule has 0 saturated heterocycles. The predicted molar refractivity (Wildman–Crippen MR) is 140 cm³/mol. The summed E-state index contributed by atoms with van der Waals surface area (Å²) >= 11 is 0. The van der Waals surface area contributed by atoms with Gasteiger partial charge in [-0.25, -0.2) is 0 Å². The van der Waals surface area contributed by atoms with Crippen molar-refractivity contribution in [2.24, 2.45) is 0 Å². The van der Waals surface area contributed by atoms with Crippen molar-refractivity contribution in [3.63, 3.8) is 0 Å². The van der Waals surface area contributed by atoms with Gasteiger partial charge in [0.2, 0.25) is 0 Å². The normalized spacial score (nSPS) is 11.0. The molecule has 7 aromatic rings. The Hall–Kier alpha value is -4.41. The zero-order valence-electron chi connectivity index (χ0n) is 19.4. The Morgan fingerprint density at radius 1 is 0.622 bits per heavy atom. The zero-order valence-corrected chi connectivity index (χ0v) is 21.7. The van der Waals surface area contributed by atoms with Crippen molar-refractivity contribution in [2.75, 3.05) is 4.90 Å². The molecule has 0 aliphatic heterocycles. The SMILES string of the molecule is [Pt+2].[c-]1c(N(c2[c-]c(-n3cccn3)ccc2)c2cccc3c2oc2ccccc23)cccc1-n1cccn1. The maximum atomic E-state index is 6.41. The summed E-state index contributed by atoms with van der Waals surface area (Å²) in [5.74, 6) is 0. The van der Waals surface area contributed by atoms with E-state index < -0.39 is 0 Å². The average Bonchev–Trinajstić information content (AvgIpc) is 3.71. The van der Waals surface area contributed by atoms with Crippen LogP contribution in [0, 0.1) is 12.1 Å². The summed E-state index contributed by atoms with van der Waals surface area (Å²) in [6.45, 7) is 0. The number of nitrogens with zero attached hydrogens (tertiary/aromatic N) is 5. The van der Waals surface area contributed by atoms with E-state index in [2.05, 4.69) is 51.5 Å². The Kier molecular flexibility index (Phi) is 5.95. The van der Waals surface area contributed by atoms with Gasteiger partial charge in [0.05, 0.1) is 5.69 Å². The number of benzene rings is 4. The zero-order chi connectivity index (χ0) is 23.9. The second-order valence-electron chi connectivity index (χ2n) is 8.33. The number of hydrogen-bond acceptors (Lipinski definition) is 4. The van der Waals surface area contributed by atoms with Crippen molar-refractivity contribution in [2.45, 2.75) is 0 Å². The summed E-state index contributed by atoms with van der Waals surface area (Å²) in [5, 5.41) is 10.9. The van der Waals surface area contributed by atoms with Crippen LogP contribution in [0.25, 0.3) is 33.3 Å². The molecule has 3 heterocycles. The fraction of sp³-hybridized carbons (Fsp3) is 0. The number of rotatable bonds is 5. The van der Waals surface area contributed by atoms with Crippen molar-refractivity contribution in [1.82, 2.24) is 19.6 Å². The van der Waals surface area contributed by atoms with Gasteiger partial charge >= 0.3 is 21.1 Å². The number of aromatic nitrogens is 4. The molecule has 3 aromatic heterocycles. The summed E-state index contributed by atoms with van der Waals surface area (Å²) in [6, 6.07) is 37.2. The number of furan rings is 1. The predicted octanol–water partition coefficient (Wildman–Crippen LogP) is 7.03. The van der Waals surface area contributed by atoms with E-state index in [0.717, 1.165) is 50.4 Å². The van der Waals surface area contributed by atoms with Crippen LogP contribution >= 0.6 is 0 Å². The topological polar surface area (TPSA) is 52.0 Å². The van der Waals surface area contributed by atoms with E-state index >= 15 is 0 Å². The monoisotopic (exact) mass is 660 g/mol. The smallest absolute Gasteiger partial charge is 0.454 e. The fourth-order valence-corrected chi connectivity index (χ4v) is 4.54. The molecule has 0 spiro atoms. The molecule has 6 nitrogen and oxygen atoms in total. The van der Waals surface area contributed by atoms with E-state index in [9.17, 15) is 0 Å². The van der Waals surface area contributed by atoms with Crippen LogP contribution < -0.4 is 4.90 Å². The molecule has 0 amide bonds. The minimum atomic E-state index is 0. The first-order valence-corrected chi connectivity index (χ1v) is 11.6. The quantitative estimate of drug-likeness (QED) is 0.186. The Balaban J connectivity index is 0.00000252. The molecule has 7 heteroatoms. The van der Waals surface area contributed by atoms with E-state index in [1.165, 1.54) is 0 Å². The fourth-order valence-electron chi connectivity index (χ4n) is 4.54. The minimum absolute atomic E-state index is 0. The minimum Gasteiger partial charge on any atom is -0.454 e. The van der Waals surface area contributed by atoms with Crippen LogP contribution in [0.3, 0.4) is 0 Å². The van der Waals surface area contributed by atoms with Gasteiger partial charge in [-0.3, -0.25) is 9.36 Å².